The summed E-state index contributed by atoms with van der Waals surface area (Å²) in [5.74, 6) is 0.858. The Morgan fingerprint density at radius 1 is 1.35 bits per heavy atom. The maximum Gasteiger partial charge on any atom is 0.240 e. The number of carbonyl (C=O) groups excluding carboxylic acids is 1. The minimum Gasteiger partial charge on any atom is -0.497 e. The average molecular weight is 274 g/mol. The Kier molecular flexibility index (Phi) is 4.02. The zero-order valence-corrected chi connectivity index (χ0v) is 12.6. The molecule has 0 unspecified atom stereocenters. The topological polar surface area (TPSA) is 43.3 Å². The van der Waals surface area contributed by atoms with E-state index in [0.29, 0.717) is 6.54 Å². The number of hydrogen-bond acceptors (Lipinski definition) is 2. The number of amides is 1. The van der Waals surface area contributed by atoms with Crippen molar-refractivity contribution in [2.24, 2.45) is 0 Å². The summed E-state index contributed by atoms with van der Waals surface area (Å²) in [6.07, 6.45) is 2.84. The summed E-state index contributed by atoms with van der Waals surface area (Å²) in [6.45, 7) is 6.46. The monoisotopic (exact) mass is 274 g/mol. The Bertz CT molecular complexity index is 614. The second kappa shape index (κ2) is 5.57. The first kappa shape index (κ1) is 14.4. The van der Waals surface area contributed by atoms with Crippen LogP contribution in [0.1, 0.15) is 27.2 Å². The Morgan fingerprint density at radius 3 is 2.75 bits per heavy atom. The summed E-state index contributed by atoms with van der Waals surface area (Å²) < 4.78 is 7.16. The van der Waals surface area contributed by atoms with E-state index in [1.54, 1.807) is 7.11 Å². The first-order valence-corrected chi connectivity index (χ1v) is 6.89. The molecule has 20 heavy (non-hydrogen) atoms. The third-order valence-electron chi connectivity index (χ3n) is 3.65. The minimum atomic E-state index is -0.163. The summed E-state index contributed by atoms with van der Waals surface area (Å²) in [5.41, 5.74) is 0.874. The summed E-state index contributed by atoms with van der Waals surface area (Å²) in [7, 11) is 1.65. The van der Waals surface area contributed by atoms with Crippen molar-refractivity contribution < 1.29 is 9.53 Å². The van der Waals surface area contributed by atoms with Gasteiger partial charge in [0.1, 0.15) is 12.3 Å². The SMILES string of the molecule is CCC(C)(C)NC(=O)Cn1ccc2cc(OC)ccc21. The lowest BCUT2D eigenvalue weighted by molar-refractivity contribution is -0.123. The van der Waals surface area contributed by atoms with Crippen LogP contribution in [0.15, 0.2) is 30.5 Å². The van der Waals surface area contributed by atoms with Crippen molar-refractivity contribution in [2.75, 3.05) is 7.11 Å². The van der Waals surface area contributed by atoms with Gasteiger partial charge in [-0.2, -0.15) is 0 Å². The van der Waals surface area contributed by atoms with E-state index >= 15 is 0 Å². The van der Waals surface area contributed by atoms with E-state index in [-0.39, 0.29) is 11.4 Å². The van der Waals surface area contributed by atoms with Gasteiger partial charge in [-0.3, -0.25) is 4.79 Å². The highest BCUT2D eigenvalue weighted by Gasteiger charge is 2.18. The van der Waals surface area contributed by atoms with Crippen LogP contribution in [0.4, 0.5) is 0 Å². The van der Waals surface area contributed by atoms with Crippen molar-refractivity contribution in [1.29, 1.82) is 0 Å². The molecule has 4 nitrogen and oxygen atoms in total. The van der Waals surface area contributed by atoms with E-state index in [2.05, 4.69) is 12.2 Å². The molecule has 1 N–H and O–H groups in total. The molecule has 2 rings (SSSR count). The van der Waals surface area contributed by atoms with Gasteiger partial charge < -0.3 is 14.6 Å². The fraction of sp³-hybridized carbons (Fsp3) is 0.438. The van der Waals surface area contributed by atoms with E-state index in [1.165, 1.54) is 0 Å². The number of benzene rings is 1. The maximum absolute atomic E-state index is 12.1. The number of methoxy groups -OCH3 is 1. The molecular weight excluding hydrogens is 252 g/mol. The molecule has 0 saturated carbocycles. The number of rotatable bonds is 5. The van der Waals surface area contributed by atoms with Crippen LogP contribution in [0.3, 0.4) is 0 Å². The largest absolute Gasteiger partial charge is 0.497 e. The van der Waals surface area contributed by atoms with Crippen molar-refractivity contribution >= 4 is 16.8 Å². The molecule has 108 valence electrons. The molecule has 0 atom stereocenters. The highest BCUT2D eigenvalue weighted by Crippen LogP contribution is 2.21. The zero-order chi connectivity index (χ0) is 14.8. The van der Waals surface area contributed by atoms with Crippen LogP contribution in [0.5, 0.6) is 5.75 Å². The van der Waals surface area contributed by atoms with Gasteiger partial charge in [0.25, 0.3) is 0 Å². The summed E-state index contributed by atoms with van der Waals surface area (Å²) in [5, 5.41) is 4.12. The summed E-state index contributed by atoms with van der Waals surface area (Å²) in [6, 6.07) is 7.86. The molecule has 1 aromatic carbocycles. The third-order valence-corrected chi connectivity index (χ3v) is 3.65. The van der Waals surface area contributed by atoms with Crippen LogP contribution < -0.4 is 10.1 Å². The van der Waals surface area contributed by atoms with Crippen molar-refractivity contribution in [3.63, 3.8) is 0 Å². The van der Waals surface area contributed by atoms with Gasteiger partial charge in [-0.15, -0.1) is 0 Å². The second-order valence-corrected chi connectivity index (χ2v) is 5.65. The van der Waals surface area contributed by atoms with Crippen LogP contribution in [0, 0.1) is 0 Å². The molecule has 4 heteroatoms. The number of aromatic nitrogens is 1. The molecule has 0 spiro atoms. The highest BCUT2D eigenvalue weighted by molar-refractivity contribution is 5.84. The van der Waals surface area contributed by atoms with E-state index in [1.807, 2.05) is 48.9 Å². The number of ether oxygens (including phenoxy) is 1. The van der Waals surface area contributed by atoms with Gasteiger partial charge in [0, 0.05) is 22.6 Å². The molecule has 0 radical (unpaired) electrons. The van der Waals surface area contributed by atoms with E-state index < -0.39 is 0 Å². The van der Waals surface area contributed by atoms with Gasteiger partial charge in [0.2, 0.25) is 5.91 Å². The molecule has 0 aliphatic carbocycles. The number of fused-ring (bicyclic) bond motifs is 1. The Hall–Kier alpha value is -1.97. The fourth-order valence-corrected chi connectivity index (χ4v) is 2.10. The molecule has 2 aromatic rings. The van der Waals surface area contributed by atoms with Crippen molar-refractivity contribution in [1.82, 2.24) is 9.88 Å². The predicted molar refractivity (Wildman–Crippen MR) is 81.0 cm³/mol. The second-order valence-electron chi connectivity index (χ2n) is 5.65. The number of nitrogens with one attached hydrogen (secondary N) is 1. The van der Waals surface area contributed by atoms with Gasteiger partial charge in [-0.1, -0.05) is 6.92 Å². The van der Waals surface area contributed by atoms with Crippen LogP contribution in [-0.4, -0.2) is 23.1 Å². The van der Waals surface area contributed by atoms with Crippen LogP contribution in [0.2, 0.25) is 0 Å². The summed E-state index contributed by atoms with van der Waals surface area (Å²) >= 11 is 0. The molecule has 0 saturated heterocycles. The molecule has 0 aliphatic heterocycles. The third kappa shape index (κ3) is 3.13. The smallest absolute Gasteiger partial charge is 0.240 e. The van der Waals surface area contributed by atoms with E-state index in [4.69, 9.17) is 4.74 Å². The molecule has 1 heterocycles. The number of carbonyl (C=O) groups is 1. The zero-order valence-electron chi connectivity index (χ0n) is 12.6. The Morgan fingerprint density at radius 2 is 2.10 bits per heavy atom. The van der Waals surface area contributed by atoms with Crippen molar-refractivity contribution in [2.45, 2.75) is 39.3 Å². The van der Waals surface area contributed by atoms with E-state index in [0.717, 1.165) is 23.1 Å². The number of hydrogen-bond donors (Lipinski definition) is 1. The minimum absolute atomic E-state index is 0.0326. The first-order chi connectivity index (χ1) is 9.45. The standard InChI is InChI=1S/C16H22N2O2/c1-5-16(2,3)17-15(19)11-18-9-8-12-10-13(20-4)6-7-14(12)18/h6-10H,5,11H2,1-4H3,(H,17,19). The predicted octanol–water partition coefficient (Wildman–Crippen LogP) is 2.95. The normalized spacial score (nSPS) is 11.6. The van der Waals surface area contributed by atoms with Crippen LogP contribution in [-0.2, 0) is 11.3 Å². The van der Waals surface area contributed by atoms with Gasteiger partial charge in [-0.05, 0) is 44.5 Å². The van der Waals surface area contributed by atoms with Crippen molar-refractivity contribution in [3.8, 4) is 5.75 Å². The lowest BCUT2D eigenvalue weighted by Gasteiger charge is -2.24. The number of nitrogens with zero attached hydrogens (tertiary/aromatic N) is 1. The molecule has 0 fully saturated rings. The molecule has 0 bridgehead atoms. The quantitative estimate of drug-likeness (QED) is 0.911. The lowest BCUT2D eigenvalue weighted by Crippen LogP contribution is -2.44. The lowest BCUT2D eigenvalue weighted by atomic mass is 10.0. The van der Waals surface area contributed by atoms with Gasteiger partial charge in [0.05, 0.1) is 7.11 Å². The van der Waals surface area contributed by atoms with Crippen LogP contribution in [0.25, 0.3) is 10.9 Å². The maximum atomic E-state index is 12.1. The first-order valence-electron chi connectivity index (χ1n) is 6.89. The average Bonchev–Trinajstić information content (AvgIpc) is 2.80. The molecule has 1 aromatic heterocycles. The van der Waals surface area contributed by atoms with Crippen molar-refractivity contribution in [3.05, 3.63) is 30.5 Å². The van der Waals surface area contributed by atoms with Crippen LogP contribution >= 0.6 is 0 Å². The van der Waals surface area contributed by atoms with Gasteiger partial charge >= 0.3 is 0 Å². The van der Waals surface area contributed by atoms with E-state index in [9.17, 15) is 4.79 Å². The fourth-order valence-electron chi connectivity index (χ4n) is 2.10. The molecular formula is C16H22N2O2. The highest BCUT2D eigenvalue weighted by atomic mass is 16.5. The Labute approximate surface area is 119 Å². The molecule has 1 amide bonds. The Balaban J connectivity index is 2.16. The molecule has 0 aliphatic rings. The summed E-state index contributed by atoms with van der Waals surface area (Å²) in [4.78, 5) is 12.1. The van der Waals surface area contributed by atoms with Gasteiger partial charge in [-0.25, -0.2) is 0 Å². The van der Waals surface area contributed by atoms with Gasteiger partial charge in [0.15, 0.2) is 0 Å².